The summed E-state index contributed by atoms with van der Waals surface area (Å²) in [6.07, 6.45) is 0. The molecule has 4 aromatic rings. The van der Waals surface area contributed by atoms with E-state index in [1.807, 2.05) is 19.1 Å². The molecule has 0 unspecified atom stereocenters. The highest BCUT2D eigenvalue weighted by atomic mass is 32.2. The van der Waals surface area contributed by atoms with E-state index in [9.17, 15) is 17.6 Å². The van der Waals surface area contributed by atoms with Crippen molar-refractivity contribution in [2.45, 2.75) is 11.1 Å². The summed E-state index contributed by atoms with van der Waals surface area (Å²) in [5, 5.41) is 4.45. The van der Waals surface area contributed by atoms with Crippen molar-refractivity contribution in [1.82, 2.24) is 0 Å². The number of amides is 1. The Bertz CT molecular complexity index is 1370. The van der Waals surface area contributed by atoms with E-state index in [0.29, 0.717) is 16.9 Å². The van der Waals surface area contributed by atoms with Crippen LogP contribution in [0.1, 0.15) is 15.9 Å². The number of carbonyl (C=O) groups is 1. The topological polar surface area (TPSA) is 75.3 Å². The number of halogens is 1. The van der Waals surface area contributed by atoms with Crippen molar-refractivity contribution in [2.24, 2.45) is 0 Å². The number of nitrogens with one attached hydrogen (secondary N) is 2. The maximum atomic E-state index is 13.1. The van der Waals surface area contributed by atoms with E-state index >= 15 is 0 Å². The van der Waals surface area contributed by atoms with E-state index in [1.54, 1.807) is 47.8 Å². The van der Waals surface area contributed by atoms with Crippen molar-refractivity contribution in [1.29, 1.82) is 0 Å². The summed E-state index contributed by atoms with van der Waals surface area (Å²) >= 11 is 1.14. The number of aryl methyl sites for hydroxylation is 1. The number of thiophene rings is 1. The molecule has 32 heavy (non-hydrogen) atoms. The molecule has 0 atom stereocenters. The molecule has 3 aromatic carbocycles. The Labute approximate surface area is 189 Å². The summed E-state index contributed by atoms with van der Waals surface area (Å²) in [6, 6.07) is 21.1. The van der Waals surface area contributed by atoms with Crippen molar-refractivity contribution in [3.8, 4) is 11.1 Å². The fraction of sp³-hybridized carbons (Fsp3) is 0.0417. The van der Waals surface area contributed by atoms with Gasteiger partial charge in [0, 0.05) is 16.9 Å². The van der Waals surface area contributed by atoms with Crippen molar-refractivity contribution in [3.05, 3.63) is 101 Å². The zero-order chi connectivity index (χ0) is 22.7. The maximum absolute atomic E-state index is 13.1. The Morgan fingerprint density at radius 3 is 2.38 bits per heavy atom. The highest BCUT2D eigenvalue weighted by Gasteiger charge is 2.16. The van der Waals surface area contributed by atoms with Gasteiger partial charge in [0.25, 0.3) is 15.9 Å². The van der Waals surface area contributed by atoms with Gasteiger partial charge < -0.3 is 5.32 Å². The predicted octanol–water partition coefficient (Wildman–Crippen LogP) is 5.92. The van der Waals surface area contributed by atoms with Gasteiger partial charge in [0.05, 0.1) is 0 Å². The zero-order valence-electron chi connectivity index (χ0n) is 17.0. The molecule has 4 rings (SSSR count). The minimum absolute atomic E-state index is 0.235. The minimum atomic E-state index is -3.66. The number of sulfonamides is 1. The van der Waals surface area contributed by atoms with Gasteiger partial charge in [-0.3, -0.25) is 9.52 Å². The number of anilines is 2. The molecule has 162 valence electrons. The Hall–Kier alpha value is -3.49. The Balaban J connectivity index is 1.60. The Kier molecular flexibility index (Phi) is 6.07. The van der Waals surface area contributed by atoms with Crippen molar-refractivity contribution in [3.63, 3.8) is 0 Å². The highest BCUT2D eigenvalue weighted by molar-refractivity contribution is 7.94. The molecular formula is C24H19FN2O3S2. The summed E-state index contributed by atoms with van der Waals surface area (Å²) in [7, 11) is -3.66. The average molecular weight is 467 g/mol. The number of carbonyl (C=O) groups excluding carboxylic acids is 1. The van der Waals surface area contributed by atoms with Crippen molar-refractivity contribution < 1.29 is 17.6 Å². The van der Waals surface area contributed by atoms with E-state index in [-0.39, 0.29) is 15.9 Å². The smallest absolute Gasteiger partial charge is 0.271 e. The molecular weight excluding hydrogens is 447 g/mol. The first-order valence-electron chi connectivity index (χ1n) is 9.66. The van der Waals surface area contributed by atoms with Crippen LogP contribution in [0.2, 0.25) is 0 Å². The molecule has 0 fully saturated rings. The molecule has 1 aromatic heterocycles. The SMILES string of the molecule is Cc1ccc(NS(=O)(=O)c2cccs2)cc1-c1cccc(C(=O)Nc2ccc(F)cc2)c1. The van der Waals surface area contributed by atoms with Crippen LogP contribution in [0.3, 0.4) is 0 Å². The minimum Gasteiger partial charge on any atom is -0.322 e. The molecule has 1 amide bonds. The standard InChI is InChI=1S/C24H19FN2O3S2/c1-16-7-10-21(27-32(29,30)23-6-3-13-31-23)15-22(16)17-4-2-5-18(14-17)24(28)26-20-11-8-19(25)9-12-20/h2-15,27H,1H3,(H,26,28). The van der Waals surface area contributed by atoms with Gasteiger partial charge in [0.15, 0.2) is 0 Å². The fourth-order valence-corrected chi connectivity index (χ4v) is 5.23. The summed E-state index contributed by atoms with van der Waals surface area (Å²) < 4.78 is 41.0. The second-order valence-corrected chi connectivity index (χ2v) is 9.97. The summed E-state index contributed by atoms with van der Waals surface area (Å²) in [5.41, 5.74) is 3.85. The van der Waals surface area contributed by atoms with Gasteiger partial charge >= 0.3 is 0 Å². The van der Waals surface area contributed by atoms with Crippen LogP contribution in [0.5, 0.6) is 0 Å². The highest BCUT2D eigenvalue weighted by Crippen LogP contribution is 2.29. The molecule has 0 saturated heterocycles. The van der Waals surface area contributed by atoms with Crippen molar-refractivity contribution in [2.75, 3.05) is 10.0 Å². The molecule has 5 nitrogen and oxygen atoms in total. The van der Waals surface area contributed by atoms with E-state index in [4.69, 9.17) is 0 Å². The third kappa shape index (κ3) is 4.87. The van der Waals surface area contributed by atoms with Crippen LogP contribution < -0.4 is 10.0 Å². The third-order valence-electron chi connectivity index (χ3n) is 4.79. The molecule has 0 bridgehead atoms. The number of hydrogen-bond acceptors (Lipinski definition) is 4. The van der Waals surface area contributed by atoms with Gasteiger partial charge in [-0.05, 0) is 83.6 Å². The first-order chi connectivity index (χ1) is 15.3. The lowest BCUT2D eigenvalue weighted by molar-refractivity contribution is 0.102. The van der Waals surface area contributed by atoms with Crippen LogP contribution >= 0.6 is 11.3 Å². The first-order valence-corrected chi connectivity index (χ1v) is 12.0. The van der Waals surface area contributed by atoms with E-state index in [0.717, 1.165) is 28.0 Å². The molecule has 8 heteroatoms. The van der Waals surface area contributed by atoms with Crippen molar-refractivity contribution >= 4 is 38.6 Å². The second-order valence-electron chi connectivity index (χ2n) is 7.11. The summed E-state index contributed by atoms with van der Waals surface area (Å²) in [4.78, 5) is 12.7. The van der Waals surface area contributed by atoms with Crippen LogP contribution in [0.25, 0.3) is 11.1 Å². The Morgan fingerprint density at radius 1 is 0.906 bits per heavy atom. The number of benzene rings is 3. The fourth-order valence-electron chi connectivity index (χ4n) is 3.18. The summed E-state index contributed by atoms with van der Waals surface area (Å²) in [6.45, 7) is 1.91. The third-order valence-corrected chi connectivity index (χ3v) is 7.57. The number of hydrogen-bond donors (Lipinski definition) is 2. The molecule has 0 aliphatic carbocycles. The largest absolute Gasteiger partial charge is 0.322 e. The molecule has 1 heterocycles. The van der Waals surface area contributed by atoms with Crippen LogP contribution in [0.15, 0.2) is 88.5 Å². The van der Waals surface area contributed by atoms with E-state index in [1.165, 1.54) is 24.3 Å². The molecule has 2 N–H and O–H groups in total. The van der Waals surface area contributed by atoms with Gasteiger partial charge in [0.1, 0.15) is 10.0 Å². The van der Waals surface area contributed by atoms with Gasteiger partial charge in [-0.2, -0.15) is 0 Å². The molecule has 0 aliphatic rings. The number of rotatable bonds is 6. The molecule has 0 spiro atoms. The maximum Gasteiger partial charge on any atom is 0.271 e. The second kappa shape index (κ2) is 8.94. The summed E-state index contributed by atoms with van der Waals surface area (Å²) in [5.74, 6) is -0.708. The molecule has 0 aliphatic heterocycles. The predicted molar refractivity (Wildman–Crippen MR) is 126 cm³/mol. The van der Waals surface area contributed by atoms with E-state index < -0.39 is 10.0 Å². The van der Waals surface area contributed by atoms with Crippen LogP contribution in [0, 0.1) is 12.7 Å². The lowest BCUT2D eigenvalue weighted by Gasteiger charge is -2.12. The van der Waals surface area contributed by atoms with Gasteiger partial charge in [-0.25, -0.2) is 12.8 Å². The first kappa shape index (κ1) is 21.7. The van der Waals surface area contributed by atoms with E-state index in [2.05, 4.69) is 10.0 Å². The zero-order valence-corrected chi connectivity index (χ0v) is 18.6. The monoisotopic (exact) mass is 466 g/mol. The van der Waals surface area contributed by atoms with Crippen LogP contribution in [0.4, 0.5) is 15.8 Å². The van der Waals surface area contributed by atoms with Gasteiger partial charge in [-0.1, -0.05) is 24.3 Å². The lowest BCUT2D eigenvalue weighted by Crippen LogP contribution is -2.12. The lowest BCUT2D eigenvalue weighted by atomic mass is 9.98. The van der Waals surface area contributed by atoms with Crippen LogP contribution in [-0.2, 0) is 10.0 Å². The average Bonchev–Trinajstić information content (AvgIpc) is 3.33. The van der Waals surface area contributed by atoms with Crippen LogP contribution in [-0.4, -0.2) is 14.3 Å². The Morgan fingerprint density at radius 2 is 1.66 bits per heavy atom. The quantitative estimate of drug-likeness (QED) is 0.371. The molecule has 0 saturated carbocycles. The van der Waals surface area contributed by atoms with Gasteiger partial charge in [-0.15, -0.1) is 11.3 Å². The molecule has 0 radical (unpaired) electrons. The normalized spacial score (nSPS) is 11.2. The van der Waals surface area contributed by atoms with Gasteiger partial charge in [0.2, 0.25) is 0 Å².